The van der Waals surface area contributed by atoms with Crippen LogP contribution in [0.4, 0.5) is 5.69 Å². The maximum absolute atomic E-state index is 12.8. The van der Waals surface area contributed by atoms with Crippen LogP contribution in [0.1, 0.15) is 16.7 Å². The van der Waals surface area contributed by atoms with Gasteiger partial charge in [0.2, 0.25) is 0 Å². The van der Waals surface area contributed by atoms with Gasteiger partial charge < -0.3 is 4.40 Å². The highest BCUT2D eigenvalue weighted by Crippen LogP contribution is 2.27. The van der Waals surface area contributed by atoms with E-state index < -0.39 is 10.0 Å². The molecule has 2 heterocycles. The van der Waals surface area contributed by atoms with E-state index in [1.165, 1.54) is 0 Å². The second kappa shape index (κ2) is 6.80. The molecule has 5 nitrogen and oxygen atoms in total. The van der Waals surface area contributed by atoms with Crippen molar-refractivity contribution in [2.24, 2.45) is 0 Å². The SMILES string of the molecule is Cc1cccc(S(=O)(=O)Nc2cc(-c3cn4cccc(C)c4n3)ccc2C)c1. The van der Waals surface area contributed by atoms with Crippen LogP contribution < -0.4 is 4.72 Å². The monoisotopic (exact) mass is 391 g/mol. The van der Waals surface area contributed by atoms with Gasteiger partial charge in [0.1, 0.15) is 5.65 Å². The molecule has 0 aliphatic rings. The molecule has 2 aromatic carbocycles. The summed E-state index contributed by atoms with van der Waals surface area (Å²) in [7, 11) is -3.66. The summed E-state index contributed by atoms with van der Waals surface area (Å²) in [5.41, 5.74) is 5.92. The summed E-state index contributed by atoms with van der Waals surface area (Å²) < 4.78 is 30.3. The summed E-state index contributed by atoms with van der Waals surface area (Å²) >= 11 is 0. The zero-order valence-electron chi connectivity index (χ0n) is 16.0. The normalized spacial score (nSPS) is 11.7. The first-order valence-corrected chi connectivity index (χ1v) is 10.5. The van der Waals surface area contributed by atoms with Gasteiger partial charge in [0.15, 0.2) is 0 Å². The van der Waals surface area contributed by atoms with Gasteiger partial charge in [-0.15, -0.1) is 0 Å². The van der Waals surface area contributed by atoms with Crippen molar-refractivity contribution in [2.45, 2.75) is 25.7 Å². The van der Waals surface area contributed by atoms with Gasteiger partial charge in [0.05, 0.1) is 16.3 Å². The maximum Gasteiger partial charge on any atom is 0.261 e. The molecule has 0 saturated heterocycles. The average Bonchev–Trinajstić information content (AvgIpc) is 3.09. The van der Waals surface area contributed by atoms with Crippen LogP contribution >= 0.6 is 0 Å². The fourth-order valence-corrected chi connectivity index (χ4v) is 4.40. The second-order valence-electron chi connectivity index (χ2n) is 7.00. The van der Waals surface area contributed by atoms with E-state index in [0.29, 0.717) is 5.69 Å². The molecule has 0 fully saturated rings. The number of pyridine rings is 1. The number of anilines is 1. The van der Waals surface area contributed by atoms with Crippen molar-refractivity contribution in [3.05, 3.63) is 83.7 Å². The topological polar surface area (TPSA) is 63.5 Å². The van der Waals surface area contributed by atoms with Crippen LogP contribution in [-0.2, 0) is 10.0 Å². The Morgan fingerprint density at radius 3 is 2.50 bits per heavy atom. The number of hydrogen-bond acceptors (Lipinski definition) is 3. The number of benzene rings is 2. The third kappa shape index (κ3) is 3.39. The number of nitrogens with one attached hydrogen (secondary N) is 1. The highest BCUT2D eigenvalue weighted by molar-refractivity contribution is 7.92. The van der Waals surface area contributed by atoms with Crippen molar-refractivity contribution in [1.29, 1.82) is 0 Å². The summed E-state index contributed by atoms with van der Waals surface area (Å²) in [6.07, 6.45) is 3.90. The van der Waals surface area contributed by atoms with E-state index in [-0.39, 0.29) is 4.90 Å². The zero-order chi connectivity index (χ0) is 19.9. The van der Waals surface area contributed by atoms with Gasteiger partial charge in [-0.2, -0.15) is 0 Å². The number of hydrogen-bond donors (Lipinski definition) is 1. The fourth-order valence-electron chi connectivity index (χ4n) is 3.17. The summed E-state index contributed by atoms with van der Waals surface area (Å²) in [5, 5.41) is 0. The lowest BCUT2D eigenvalue weighted by molar-refractivity contribution is 0.601. The van der Waals surface area contributed by atoms with Crippen LogP contribution in [0.2, 0.25) is 0 Å². The molecule has 6 heteroatoms. The first-order chi connectivity index (χ1) is 13.3. The van der Waals surface area contributed by atoms with Crippen molar-refractivity contribution in [3.8, 4) is 11.3 Å². The largest absolute Gasteiger partial charge is 0.306 e. The average molecular weight is 391 g/mol. The van der Waals surface area contributed by atoms with E-state index >= 15 is 0 Å². The molecule has 2 aromatic heterocycles. The number of rotatable bonds is 4. The summed E-state index contributed by atoms with van der Waals surface area (Å²) in [5.74, 6) is 0. The lowest BCUT2D eigenvalue weighted by Crippen LogP contribution is -2.14. The first-order valence-electron chi connectivity index (χ1n) is 8.98. The molecule has 0 amide bonds. The highest BCUT2D eigenvalue weighted by Gasteiger charge is 2.16. The summed E-state index contributed by atoms with van der Waals surface area (Å²) in [6.45, 7) is 5.77. The molecule has 0 spiro atoms. The van der Waals surface area contributed by atoms with Crippen LogP contribution in [0.5, 0.6) is 0 Å². The van der Waals surface area contributed by atoms with Crippen LogP contribution in [0.25, 0.3) is 16.9 Å². The van der Waals surface area contributed by atoms with Crippen molar-refractivity contribution in [1.82, 2.24) is 9.38 Å². The molecule has 0 atom stereocenters. The molecule has 0 aliphatic heterocycles. The standard InChI is InChI=1S/C22H21N3O2S/c1-15-6-4-8-19(12-15)28(26,27)24-20-13-18(10-9-16(20)2)21-14-25-11-5-7-17(3)22(25)23-21/h4-14,24H,1-3H3. The van der Waals surface area contributed by atoms with Crippen molar-refractivity contribution < 1.29 is 8.42 Å². The molecule has 0 unspecified atom stereocenters. The molecule has 142 valence electrons. The fraction of sp³-hybridized carbons (Fsp3) is 0.136. The lowest BCUT2D eigenvalue weighted by atomic mass is 10.1. The van der Waals surface area contributed by atoms with Crippen molar-refractivity contribution in [2.75, 3.05) is 4.72 Å². The van der Waals surface area contributed by atoms with E-state index in [9.17, 15) is 8.42 Å². The Balaban J connectivity index is 1.74. The predicted octanol–water partition coefficient (Wildman–Crippen LogP) is 4.73. The van der Waals surface area contributed by atoms with Gasteiger partial charge in [-0.05, 0) is 61.7 Å². The Bertz CT molecular complexity index is 1290. The molecule has 0 saturated carbocycles. The molecule has 28 heavy (non-hydrogen) atoms. The molecule has 0 radical (unpaired) electrons. The Kier molecular flexibility index (Phi) is 4.43. The van der Waals surface area contributed by atoms with Gasteiger partial charge in [-0.3, -0.25) is 4.72 Å². The third-order valence-corrected chi connectivity index (χ3v) is 6.12. The quantitative estimate of drug-likeness (QED) is 0.547. The minimum Gasteiger partial charge on any atom is -0.306 e. The van der Waals surface area contributed by atoms with Crippen LogP contribution in [0.3, 0.4) is 0 Å². The molecule has 4 aromatic rings. The zero-order valence-corrected chi connectivity index (χ0v) is 16.8. The van der Waals surface area contributed by atoms with Crippen LogP contribution in [0, 0.1) is 20.8 Å². The lowest BCUT2D eigenvalue weighted by Gasteiger charge is -2.12. The molecular formula is C22H21N3O2S. The number of sulfonamides is 1. The van der Waals surface area contributed by atoms with E-state index in [1.54, 1.807) is 18.2 Å². The number of aryl methyl sites for hydroxylation is 3. The van der Waals surface area contributed by atoms with Gasteiger partial charge >= 0.3 is 0 Å². The number of aromatic nitrogens is 2. The molecule has 4 rings (SSSR count). The van der Waals surface area contributed by atoms with Crippen LogP contribution in [0.15, 0.2) is 71.9 Å². The number of imidazole rings is 1. The van der Waals surface area contributed by atoms with E-state index in [0.717, 1.165) is 33.6 Å². The van der Waals surface area contributed by atoms with Gasteiger partial charge in [-0.1, -0.05) is 30.3 Å². The van der Waals surface area contributed by atoms with Gasteiger partial charge in [0, 0.05) is 18.0 Å². The molecule has 0 aliphatic carbocycles. The third-order valence-electron chi connectivity index (χ3n) is 4.76. The first kappa shape index (κ1) is 18.3. The maximum atomic E-state index is 12.8. The predicted molar refractivity (Wildman–Crippen MR) is 112 cm³/mol. The van der Waals surface area contributed by atoms with E-state index in [2.05, 4.69) is 4.72 Å². The minimum absolute atomic E-state index is 0.251. The Hall–Kier alpha value is -3.12. The smallest absolute Gasteiger partial charge is 0.261 e. The Morgan fingerprint density at radius 2 is 1.75 bits per heavy atom. The number of nitrogens with zero attached hydrogens (tertiary/aromatic N) is 2. The molecule has 0 bridgehead atoms. The van der Waals surface area contributed by atoms with Gasteiger partial charge in [0.25, 0.3) is 10.0 Å². The van der Waals surface area contributed by atoms with E-state index in [1.807, 2.05) is 74.0 Å². The second-order valence-corrected chi connectivity index (χ2v) is 8.68. The van der Waals surface area contributed by atoms with Gasteiger partial charge in [-0.25, -0.2) is 13.4 Å². The van der Waals surface area contributed by atoms with Crippen LogP contribution in [-0.4, -0.2) is 17.8 Å². The highest BCUT2D eigenvalue weighted by atomic mass is 32.2. The Morgan fingerprint density at radius 1 is 0.929 bits per heavy atom. The molecular weight excluding hydrogens is 370 g/mol. The molecule has 1 N–H and O–H groups in total. The minimum atomic E-state index is -3.66. The summed E-state index contributed by atoms with van der Waals surface area (Å²) in [4.78, 5) is 4.96. The Labute approximate surface area is 164 Å². The van der Waals surface area contributed by atoms with Crippen molar-refractivity contribution >= 4 is 21.4 Å². The number of fused-ring (bicyclic) bond motifs is 1. The van der Waals surface area contributed by atoms with E-state index in [4.69, 9.17) is 4.98 Å². The van der Waals surface area contributed by atoms with Crippen molar-refractivity contribution in [3.63, 3.8) is 0 Å². The summed E-state index contributed by atoms with van der Waals surface area (Å²) in [6, 6.07) is 16.6.